The summed E-state index contributed by atoms with van der Waals surface area (Å²) in [6, 6.07) is 23.2. The normalized spacial score (nSPS) is 14.1. The van der Waals surface area contributed by atoms with Gasteiger partial charge in [0.1, 0.15) is 12.1 Å². The lowest BCUT2D eigenvalue weighted by molar-refractivity contribution is -0.144. The van der Waals surface area contributed by atoms with Crippen LogP contribution in [-0.4, -0.2) is 54.1 Å². The molecule has 1 unspecified atom stereocenters. The van der Waals surface area contributed by atoms with Gasteiger partial charge in [0.25, 0.3) is 11.8 Å². The van der Waals surface area contributed by atoms with E-state index in [-0.39, 0.29) is 31.4 Å². The third-order valence-electron chi connectivity index (χ3n) is 7.07. The summed E-state index contributed by atoms with van der Waals surface area (Å²) < 4.78 is 10.5. The Bertz CT molecular complexity index is 1510. The first-order valence-corrected chi connectivity index (χ1v) is 15.2. The molecular weight excluding hydrogens is 570 g/mol. The Morgan fingerprint density at radius 1 is 0.978 bits per heavy atom. The Kier molecular flexibility index (Phi) is 11.1. The smallest absolute Gasteiger partial charge is 0.407 e. The number of fused-ring (bicyclic) bond motifs is 1. The molecule has 45 heavy (non-hydrogen) atoms. The van der Waals surface area contributed by atoms with Gasteiger partial charge in [-0.2, -0.15) is 0 Å². The predicted molar refractivity (Wildman–Crippen MR) is 174 cm³/mol. The zero-order valence-electron chi connectivity index (χ0n) is 26.3. The molecule has 0 bridgehead atoms. The number of nitrogens with one attached hydrogen (secondary N) is 1. The van der Waals surface area contributed by atoms with Gasteiger partial charge in [-0.3, -0.25) is 19.3 Å². The number of nitrogens with zero attached hydrogens (tertiary/aromatic N) is 2. The molecule has 3 aromatic rings. The number of hydrogen-bond donors (Lipinski definition) is 1. The van der Waals surface area contributed by atoms with Crippen molar-refractivity contribution in [1.82, 2.24) is 10.2 Å². The maximum Gasteiger partial charge on any atom is 0.407 e. The Morgan fingerprint density at radius 3 is 2.33 bits per heavy atom. The Hall–Kier alpha value is -4.92. The van der Waals surface area contributed by atoms with Crippen molar-refractivity contribution < 1.29 is 28.7 Å². The molecule has 1 heterocycles. The van der Waals surface area contributed by atoms with Gasteiger partial charge in [-0.15, -0.1) is 0 Å². The van der Waals surface area contributed by atoms with Crippen LogP contribution in [0.5, 0.6) is 0 Å². The fourth-order valence-corrected chi connectivity index (χ4v) is 5.12. The second-order valence-corrected chi connectivity index (χ2v) is 11.7. The van der Waals surface area contributed by atoms with E-state index in [0.717, 1.165) is 11.1 Å². The van der Waals surface area contributed by atoms with E-state index in [4.69, 9.17) is 9.47 Å². The molecule has 4 rings (SSSR count). The molecule has 0 saturated carbocycles. The predicted octanol–water partition coefficient (Wildman–Crippen LogP) is 6.82. The van der Waals surface area contributed by atoms with E-state index in [1.807, 2.05) is 99.7 Å². The molecule has 1 N–H and O–H groups in total. The number of hydrogen-bond acceptors (Lipinski definition) is 6. The quantitative estimate of drug-likeness (QED) is 0.188. The van der Waals surface area contributed by atoms with Crippen molar-refractivity contribution in [2.24, 2.45) is 0 Å². The number of carbonyl (C=O) groups excluding carboxylic acids is 4. The Labute approximate surface area is 264 Å². The summed E-state index contributed by atoms with van der Waals surface area (Å²) in [7, 11) is 0. The molecule has 3 amide bonds. The highest BCUT2D eigenvalue weighted by Crippen LogP contribution is 2.37. The lowest BCUT2D eigenvalue weighted by Gasteiger charge is -2.30. The monoisotopic (exact) mass is 611 g/mol. The van der Waals surface area contributed by atoms with E-state index in [1.54, 1.807) is 24.0 Å². The minimum atomic E-state index is -0.707. The van der Waals surface area contributed by atoms with Crippen molar-refractivity contribution in [3.05, 3.63) is 102 Å². The van der Waals surface area contributed by atoms with Crippen molar-refractivity contribution >= 4 is 41.3 Å². The number of para-hydroxylation sites is 1. The summed E-state index contributed by atoms with van der Waals surface area (Å²) in [6.07, 6.45) is 4.75. The van der Waals surface area contributed by atoms with Crippen LogP contribution in [-0.2, 0) is 19.1 Å². The number of allylic oxidation sites excluding steroid dienone is 1. The number of amides is 3. The lowest BCUT2D eigenvalue weighted by atomic mass is 10.00. The van der Waals surface area contributed by atoms with E-state index in [1.165, 1.54) is 4.90 Å². The minimum absolute atomic E-state index is 0.0888. The number of benzene rings is 3. The highest BCUT2D eigenvalue weighted by atomic mass is 16.6. The van der Waals surface area contributed by atoms with E-state index in [2.05, 4.69) is 5.32 Å². The number of anilines is 2. The number of ether oxygens (including phenoxy) is 2. The van der Waals surface area contributed by atoms with Crippen LogP contribution in [0.3, 0.4) is 0 Å². The van der Waals surface area contributed by atoms with Crippen LogP contribution in [0, 0.1) is 0 Å². The molecule has 0 aromatic heterocycles. The number of carbonyl (C=O) groups is 4. The second kappa shape index (κ2) is 15.2. The molecule has 1 aliphatic rings. The SMILES string of the molecule is CCOC(=O)CC(c1ccccc1)N1CC(=O)N(c2ccccc2)c2ccc(C=CCCCNC(=O)OC(C)(C)C)cc2C1=O. The summed E-state index contributed by atoms with van der Waals surface area (Å²) in [5, 5.41) is 2.75. The zero-order chi connectivity index (χ0) is 32.4. The molecule has 0 radical (unpaired) electrons. The average Bonchev–Trinajstić information content (AvgIpc) is 3.11. The van der Waals surface area contributed by atoms with Crippen LogP contribution in [0.25, 0.3) is 6.08 Å². The summed E-state index contributed by atoms with van der Waals surface area (Å²) in [4.78, 5) is 55.9. The van der Waals surface area contributed by atoms with Gasteiger partial charge in [0.05, 0.1) is 30.3 Å². The molecule has 0 spiro atoms. The van der Waals surface area contributed by atoms with Gasteiger partial charge in [0, 0.05) is 12.2 Å². The van der Waals surface area contributed by atoms with Crippen LogP contribution in [0.2, 0.25) is 0 Å². The second-order valence-electron chi connectivity index (χ2n) is 11.7. The maximum atomic E-state index is 14.4. The van der Waals surface area contributed by atoms with Gasteiger partial charge in [0.15, 0.2) is 0 Å². The van der Waals surface area contributed by atoms with Crippen molar-refractivity contribution in [2.75, 3.05) is 24.6 Å². The molecule has 1 atom stereocenters. The van der Waals surface area contributed by atoms with Crippen molar-refractivity contribution in [1.29, 1.82) is 0 Å². The van der Waals surface area contributed by atoms with Crippen LogP contribution >= 0.6 is 0 Å². The summed E-state index contributed by atoms with van der Waals surface area (Å²) in [5.41, 5.74) is 2.43. The fourth-order valence-electron chi connectivity index (χ4n) is 5.12. The first-order chi connectivity index (χ1) is 21.6. The Balaban J connectivity index is 1.63. The maximum absolute atomic E-state index is 14.4. The van der Waals surface area contributed by atoms with Gasteiger partial charge < -0.3 is 19.7 Å². The van der Waals surface area contributed by atoms with Crippen LogP contribution < -0.4 is 10.2 Å². The molecule has 9 nitrogen and oxygen atoms in total. The molecule has 0 aliphatic carbocycles. The van der Waals surface area contributed by atoms with Crippen molar-refractivity contribution in [2.45, 2.75) is 58.6 Å². The van der Waals surface area contributed by atoms with Gasteiger partial charge >= 0.3 is 12.1 Å². The molecule has 1 aliphatic heterocycles. The number of esters is 1. The van der Waals surface area contributed by atoms with Crippen LogP contribution in [0.15, 0.2) is 84.9 Å². The highest BCUT2D eigenvalue weighted by molar-refractivity contribution is 6.13. The molecule has 236 valence electrons. The van der Waals surface area contributed by atoms with E-state index >= 15 is 0 Å². The largest absolute Gasteiger partial charge is 0.466 e. The third-order valence-corrected chi connectivity index (χ3v) is 7.07. The van der Waals surface area contributed by atoms with E-state index < -0.39 is 23.7 Å². The van der Waals surface area contributed by atoms with E-state index in [0.29, 0.717) is 36.3 Å². The lowest BCUT2D eigenvalue weighted by Crippen LogP contribution is -2.41. The number of rotatable bonds is 11. The fraction of sp³-hybridized carbons (Fsp3) is 0.333. The van der Waals surface area contributed by atoms with E-state index in [9.17, 15) is 19.2 Å². The Morgan fingerprint density at radius 2 is 1.67 bits per heavy atom. The summed E-state index contributed by atoms with van der Waals surface area (Å²) >= 11 is 0. The van der Waals surface area contributed by atoms with Gasteiger partial charge in [-0.1, -0.05) is 66.7 Å². The number of unbranched alkanes of at least 4 members (excludes halogenated alkanes) is 1. The molecule has 9 heteroatoms. The van der Waals surface area contributed by atoms with Gasteiger partial charge in [-0.25, -0.2) is 4.79 Å². The topological polar surface area (TPSA) is 105 Å². The minimum Gasteiger partial charge on any atom is -0.466 e. The first-order valence-electron chi connectivity index (χ1n) is 15.2. The van der Waals surface area contributed by atoms with Crippen LogP contribution in [0.1, 0.15) is 74.5 Å². The molecule has 0 saturated heterocycles. The third kappa shape index (κ3) is 9.04. The number of alkyl carbamates (subject to hydrolysis) is 1. The summed E-state index contributed by atoms with van der Waals surface area (Å²) in [6.45, 7) is 7.63. The standard InChI is InChI=1S/C36H41N3O6/c1-5-44-33(41)24-31(27-16-10-6-11-17-27)38-25-32(40)39(28-18-12-7-13-19-28)30-21-20-26(23-29(30)34(38)42)15-9-8-14-22-37-35(43)45-36(2,3)4/h6-7,9-13,15-21,23,31H,5,8,14,22,24-25H2,1-4H3,(H,37,43). The van der Waals surface area contributed by atoms with Crippen molar-refractivity contribution in [3.63, 3.8) is 0 Å². The molecule has 0 fully saturated rings. The zero-order valence-corrected chi connectivity index (χ0v) is 26.3. The molecular formula is C36H41N3O6. The average molecular weight is 612 g/mol. The van der Waals surface area contributed by atoms with Crippen molar-refractivity contribution in [3.8, 4) is 0 Å². The highest BCUT2D eigenvalue weighted by Gasteiger charge is 2.37. The van der Waals surface area contributed by atoms with Gasteiger partial charge in [-0.05, 0) is 75.9 Å². The molecule has 3 aromatic carbocycles. The first kappa shape index (κ1) is 33.0. The van der Waals surface area contributed by atoms with Crippen LogP contribution in [0.4, 0.5) is 16.2 Å². The summed E-state index contributed by atoms with van der Waals surface area (Å²) in [5.74, 6) is -1.10. The van der Waals surface area contributed by atoms with Gasteiger partial charge in [0.2, 0.25) is 0 Å².